The first-order valence-corrected chi connectivity index (χ1v) is 7.57. The van der Waals surface area contributed by atoms with Crippen LogP contribution in [0.2, 0.25) is 0 Å². The molecule has 2 atom stereocenters. The Bertz CT molecular complexity index is 213. The minimum Gasteiger partial charge on any atom is -0.353 e. The van der Waals surface area contributed by atoms with Gasteiger partial charge >= 0.3 is 0 Å². The molecular formula is C15H31NO2. The molecule has 0 amide bonds. The molecule has 0 radical (unpaired) electrons. The fraction of sp³-hybridized carbons (Fsp3) is 1.00. The van der Waals surface area contributed by atoms with Crippen molar-refractivity contribution in [1.82, 2.24) is 0 Å². The fourth-order valence-electron chi connectivity index (χ4n) is 2.59. The number of hydrogen-bond acceptors (Lipinski definition) is 3. The summed E-state index contributed by atoms with van der Waals surface area (Å²) in [5.74, 6) is 0. The minimum atomic E-state index is -0.00352. The lowest BCUT2D eigenvalue weighted by Gasteiger charge is -2.37. The number of hydrogen-bond donors (Lipinski definition) is 1. The molecule has 1 aliphatic rings. The van der Waals surface area contributed by atoms with E-state index < -0.39 is 0 Å². The lowest BCUT2D eigenvalue weighted by Crippen LogP contribution is -2.38. The normalized spacial score (nSPS) is 23.0. The molecule has 1 aliphatic heterocycles. The van der Waals surface area contributed by atoms with E-state index in [1.54, 1.807) is 0 Å². The lowest BCUT2D eigenvalue weighted by molar-refractivity contribution is -0.210. The molecule has 0 aromatic rings. The maximum Gasteiger partial charge on any atom is 0.157 e. The van der Waals surface area contributed by atoms with Crippen LogP contribution in [0.25, 0.3) is 0 Å². The smallest absolute Gasteiger partial charge is 0.157 e. The highest BCUT2D eigenvalue weighted by Crippen LogP contribution is 2.33. The minimum absolute atomic E-state index is 0.00352. The van der Waals surface area contributed by atoms with Crippen molar-refractivity contribution in [3.63, 3.8) is 0 Å². The van der Waals surface area contributed by atoms with Crippen LogP contribution in [0.5, 0.6) is 0 Å². The van der Waals surface area contributed by atoms with Crippen LogP contribution < -0.4 is 5.73 Å². The van der Waals surface area contributed by atoms with E-state index in [0.29, 0.717) is 6.54 Å². The van der Waals surface area contributed by atoms with Crippen LogP contribution in [-0.2, 0) is 9.47 Å². The van der Waals surface area contributed by atoms with E-state index in [2.05, 4.69) is 20.8 Å². The Morgan fingerprint density at radius 1 is 1.39 bits per heavy atom. The van der Waals surface area contributed by atoms with Crippen LogP contribution in [0.4, 0.5) is 0 Å². The summed E-state index contributed by atoms with van der Waals surface area (Å²) in [5.41, 5.74) is 5.93. The van der Waals surface area contributed by atoms with E-state index >= 15 is 0 Å². The zero-order valence-electron chi connectivity index (χ0n) is 12.4. The van der Waals surface area contributed by atoms with Crippen molar-refractivity contribution in [3.8, 4) is 0 Å². The second-order valence-corrected chi connectivity index (χ2v) is 6.09. The third kappa shape index (κ3) is 5.25. The maximum absolute atomic E-state index is 6.19. The molecule has 108 valence electrons. The molecule has 1 fully saturated rings. The molecule has 1 heterocycles. The van der Waals surface area contributed by atoms with Gasteiger partial charge in [0.15, 0.2) is 6.29 Å². The Hall–Kier alpha value is -0.120. The van der Waals surface area contributed by atoms with Crippen LogP contribution in [-0.4, -0.2) is 25.5 Å². The van der Waals surface area contributed by atoms with Gasteiger partial charge in [0.2, 0.25) is 0 Å². The van der Waals surface area contributed by atoms with Crippen LogP contribution >= 0.6 is 0 Å². The van der Waals surface area contributed by atoms with Crippen LogP contribution in [0.1, 0.15) is 65.7 Å². The molecule has 3 heteroatoms. The molecule has 18 heavy (non-hydrogen) atoms. The molecule has 2 N–H and O–H groups in total. The van der Waals surface area contributed by atoms with E-state index in [0.717, 1.165) is 19.4 Å². The number of nitrogens with two attached hydrogens (primary N) is 1. The van der Waals surface area contributed by atoms with E-state index in [9.17, 15) is 0 Å². The largest absolute Gasteiger partial charge is 0.353 e. The first-order chi connectivity index (χ1) is 8.60. The van der Waals surface area contributed by atoms with Crippen molar-refractivity contribution in [2.24, 2.45) is 11.1 Å². The third-order valence-electron chi connectivity index (χ3n) is 3.93. The standard InChI is InChI=1S/C15H31NO2/c1-4-5-10-15(2,3)13(9-11-16)18-14-8-6-7-12-17-14/h13-14H,4-12,16H2,1-3H3. The summed E-state index contributed by atoms with van der Waals surface area (Å²) < 4.78 is 11.9. The lowest BCUT2D eigenvalue weighted by atomic mass is 9.80. The molecule has 0 aromatic carbocycles. The summed E-state index contributed by atoms with van der Waals surface area (Å²) in [4.78, 5) is 0. The Labute approximate surface area is 112 Å². The van der Waals surface area contributed by atoms with Gasteiger partial charge in [-0.25, -0.2) is 0 Å². The van der Waals surface area contributed by atoms with Gasteiger partial charge in [0.1, 0.15) is 0 Å². The van der Waals surface area contributed by atoms with E-state index in [1.165, 1.54) is 32.1 Å². The van der Waals surface area contributed by atoms with Crippen LogP contribution in [0.15, 0.2) is 0 Å². The highest BCUT2D eigenvalue weighted by atomic mass is 16.7. The molecule has 0 bridgehead atoms. The summed E-state index contributed by atoms with van der Waals surface area (Å²) in [7, 11) is 0. The predicted octanol–water partition coefficient (Wildman–Crippen LogP) is 3.46. The van der Waals surface area contributed by atoms with Gasteiger partial charge in [0, 0.05) is 6.61 Å². The van der Waals surface area contributed by atoms with Gasteiger partial charge in [0.05, 0.1) is 6.10 Å². The second-order valence-electron chi connectivity index (χ2n) is 6.09. The summed E-state index contributed by atoms with van der Waals surface area (Å²) in [6.07, 6.45) is 8.24. The van der Waals surface area contributed by atoms with Gasteiger partial charge in [-0.2, -0.15) is 0 Å². The Morgan fingerprint density at radius 3 is 2.72 bits per heavy atom. The van der Waals surface area contributed by atoms with Crippen LogP contribution in [0.3, 0.4) is 0 Å². The molecule has 2 unspecified atom stereocenters. The van der Waals surface area contributed by atoms with Gasteiger partial charge in [-0.05, 0) is 44.1 Å². The number of ether oxygens (including phenoxy) is 2. The zero-order chi connectivity index (χ0) is 13.4. The van der Waals surface area contributed by atoms with Crippen molar-refractivity contribution >= 4 is 0 Å². The first-order valence-electron chi connectivity index (χ1n) is 7.57. The molecule has 1 saturated heterocycles. The third-order valence-corrected chi connectivity index (χ3v) is 3.93. The van der Waals surface area contributed by atoms with E-state index in [4.69, 9.17) is 15.2 Å². The molecular weight excluding hydrogens is 226 g/mol. The summed E-state index contributed by atoms with van der Waals surface area (Å²) in [6.45, 7) is 8.36. The molecule has 0 aliphatic carbocycles. The van der Waals surface area contributed by atoms with Gasteiger partial charge < -0.3 is 15.2 Å². The maximum atomic E-state index is 6.19. The van der Waals surface area contributed by atoms with Crippen molar-refractivity contribution < 1.29 is 9.47 Å². The van der Waals surface area contributed by atoms with Crippen molar-refractivity contribution in [2.75, 3.05) is 13.2 Å². The Kier molecular flexibility index (Phi) is 7.20. The fourth-order valence-corrected chi connectivity index (χ4v) is 2.59. The summed E-state index contributed by atoms with van der Waals surface area (Å²) in [5, 5.41) is 0. The highest BCUT2D eigenvalue weighted by molar-refractivity contribution is 4.80. The SMILES string of the molecule is CCCCC(C)(C)C(CCN)OC1CCCCO1. The summed E-state index contributed by atoms with van der Waals surface area (Å²) in [6, 6.07) is 0. The zero-order valence-corrected chi connectivity index (χ0v) is 12.4. The van der Waals surface area contributed by atoms with Crippen molar-refractivity contribution in [2.45, 2.75) is 78.1 Å². The Balaban J connectivity index is 2.50. The predicted molar refractivity (Wildman–Crippen MR) is 75.4 cm³/mol. The number of unbranched alkanes of at least 4 members (excludes halogenated alkanes) is 1. The molecule has 3 nitrogen and oxygen atoms in total. The highest BCUT2D eigenvalue weighted by Gasteiger charge is 2.32. The quantitative estimate of drug-likeness (QED) is 0.724. The Morgan fingerprint density at radius 2 is 2.17 bits per heavy atom. The van der Waals surface area contributed by atoms with Gasteiger partial charge in [-0.1, -0.05) is 33.6 Å². The molecule has 1 rings (SSSR count). The van der Waals surface area contributed by atoms with Crippen molar-refractivity contribution in [3.05, 3.63) is 0 Å². The molecule has 0 spiro atoms. The topological polar surface area (TPSA) is 44.5 Å². The van der Waals surface area contributed by atoms with Gasteiger partial charge in [-0.15, -0.1) is 0 Å². The van der Waals surface area contributed by atoms with Gasteiger partial charge in [-0.3, -0.25) is 0 Å². The first kappa shape index (κ1) is 15.9. The molecule has 0 saturated carbocycles. The van der Waals surface area contributed by atoms with E-state index in [1.807, 2.05) is 0 Å². The summed E-state index contributed by atoms with van der Waals surface area (Å²) >= 11 is 0. The van der Waals surface area contributed by atoms with Crippen LogP contribution in [0, 0.1) is 5.41 Å². The monoisotopic (exact) mass is 257 g/mol. The average molecular weight is 257 g/mol. The average Bonchev–Trinajstić information content (AvgIpc) is 2.37. The second kappa shape index (κ2) is 8.13. The van der Waals surface area contributed by atoms with Gasteiger partial charge in [0.25, 0.3) is 0 Å². The molecule has 0 aromatic heterocycles. The van der Waals surface area contributed by atoms with Crippen molar-refractivity contribution in [1.29, 1.82) is 0 Å². The number of rotatable bonds is 8. The van der Waals surface area contributed by atoms with E-state index in [-0.39, 0.29) is 17.8 Å².